The van der Waals surface area contributed by atoms with Crippen molar-refractivity contribution in [3.8, 4) is 0 Å². The van der Waals surface area contributed by atoms with Crippen molar-refractivity contribution in [2.45, 2.75) is 76.0 Å². The van der Waals surface area contributed by atoms with Gasteiger partial charge in [0, 0.05) is 7.11 Å². The Kier molecular flexibility index (Phi) is 5.18. The smallest absolute Gasteiger partial charge is 0.321 e. The molecule has 5 nitrogen and oxygen atoms in total. The second-order valence-corrected chi connectivity index (χ2v) is 8.26. The summed E-state index contributed by atoms with van der Waals surface area (Å²) in [6.45, 7) is 7.35. The topological polar surface area (TPSA) is 60.6 Å². The number of alkyl halides is 1. The predicted molar refractivity (Wildman–Crippen MR) is 90.2 cm³/mol. The lowest BCUT2D eigenvalue weighted by molar-refractivity contribution is -0.169. The van der Waals surface area contributed by atoms with Crippen LogP contribution in [0.3, 0.4) is 0 Å². The predicted octanol–water partition coefficient (Wildman–Crippen LogP) is 2.92. The molecule has 0 bridgehead atoms. The van der Waals surface area contributed by atoms with Gasteiger partial charge in [-0.15, -0.1) is 11.6 Å². The molecule has 2 aliphatic heterocycles. The zero-order chi connectivity index (χ0) is 17.5. The van der Waals surface area contributed by atoms with Crippen molar-refractivity contribution in [1.29, 1.82) is 0 Å². The highest BCUT2D eigenvalue weighted by atomic mass is 35.5. The van der Waals surface area contributed by atoms with Gasteiger partial charge in [0.15, 0.2) is 0 Å². The summed E-state index contributed by atoms with van der Waals surface area (Å²) in [7, 11) is 1.68. The molecule has 0 radical (unpaired) electrons. The third kappa shape index (κ3) is 3.33. The Morgan fingerprint density at radius 3 is 2.67 bits per heavy atom. The summed E-state index contributed by atoms with van der Waals surface area (Å²) in [5.74, 6) is 0.207. The Balaban J connectivity index is 1.74. The van der Waals surface area contributed by atoms with E-state index in [9.17, 15) is 4.79 Å². The first-order valence-electron chi connectivity index (χ1n) is 8.96. The number of carbonyl (C=O) groups excluding carboxylic acids is 1. The van der Waals surface area contributed by atoms with Crippen molar-refractivity contribution in [2.24, 2.45) is 11.8 Å². The number of ether oxygens (including phenoxy) is 4. The highest BCUT2D eigenvalue weighted by molar-refractivity contribution is 6.26. The molecule has 0 N–H and O–H groups in total. The third-order valence-corrected chi connectivity index (χ3v) is 6.11. The molecule has 6 unspecified atom stereocenters. The summed E-state index contributed by atoms with van der Waals surface area (Å²) in [4.78, 5) is 11.7. The van der Waals surface area contributed by atoms with E-state index in [1.54, 1.807) is 7.11 Å². The van der Waals surface area contributed by atoms with Gasteiger partial charge in [-0.1, -0.05) is 13.8 Å². The van der Waals surface area contributed by atoms with Crippen LogP contribution in [0, 0.1) is 11.8 Å². The van der Waals surface area contributed by atoms with E-state index in [-0.39, 0.29) is 41.3 Å². The fraction of sp³-hybridized carbons (Fsp3) is 0.944. The van der Waals surface area contributed by atoms with Gasteiger partial charge in [-0.2, -0.15) is 0 Å². The lowest BCUT2D eigenvalue weighted by Crippen LogP contribution is -2.55. The molecule has 6 heteroatoms. The molecule has 1 aliphatic carbocycles. The average molecular weight is 361 g/mol. The van der Waals surface area contributed by atoms with Gasteiger partial charge in [0.1, 0.15) is 29.3 Å². The van der Waals surface area contributed by atoms with Crippen LogP contribution in [0.1, 0.15) is 46.5 Å². The fourth-order valence-electron chi connectivity index (χ4n) is 4.48. The maximum absolute atomic E-state index is 11.7. The summed E-state index contributed by atoms with van der Waals surface area (Å²) >= 11 is 5.60. The number of carbonyl (C=O) groups is 1. The number of esters is 1. The van der Waals surface area contributed by atoms with E-state index in [0.717, 1.165) is 32.3 Å². The molecule has 1 spiro atoms. The maximum atomic E-state index is 11.7. The lowest BCUT2D eigenvalue weighted by atomic mass is 9.68. The molecular formula is C18H29ClO5. The minimum atomic E-state index is -0.395. The Morgan fingerprint density at radius 1 is 1.42 bits per heavy atom. The summed E-state index contributed by atoms with van der Waals surface area (Å²) in [5.41, 5.74) is -0.440. The molecule has 0 aromatic rings. The standard InChI is InChI=1S/C18H29ClO5/c1-11(2)5-6-13-17(3,24-13)16-15(21-4)12(23-14(20)9-19)7-8-18(16)10-22-18/h11-13,15-16H,5-10H2,1-4H3. The highest BCUT2D eigenvalue weighted by Gasteiger charge is 2.72. The van der Waals surface area contributed by atoms with Crippen LogP contribution in [0.15, 0.2) is 0 Å². The zero-order valence-corrected chi connectivity index (χ0v) is 15.8. The Hall–Kier alpha value is -0.360. The van der Waals surface area contributed by atoms with E-state index >= 15 is 0 Å². The quantitative estimate of drug-likeness (QED) is 0.397. The van der Waals surface area contributed by atoms with Crippen molar-refractivity contribution in [1.82, 2.24) is 0 Å². The Morgan fingerprint density at radius 2 is 2.12 bits per heavy atom. The molecule has 6 atom stereocenters. The third-order valence-electron chi connectivity index (χ3n) is 5.90. The van der Waals surface area contributed by atoms with Gasteiger partial charge in [-0.25, -0.2) is 0 Å². The molecule has 3 aliphatic rings. The molecule has 0 aromatic heterocycles. The van der Waals surface area contributed by atoms with Gasteiger partial charge < -0.3 is 18.9 Å². The number of epoxide rings is 2. The van der Waals surface area contributed by atoms with Gasteiger partial charge in [0.25, 0.3) is 0 Å². The van der Waals surface area contributed by atoms with Gasteiger partial charge in [0.05, 0.1) is 18.6 Å². The first-order valence-corrected chi connectivity index (χ1v) is 9.50. The van der Waals surface area contributed by atoms with Gasteiger partial charge >= 0.3 is 5.97 Å². The Labute approximate surface area is 149 Å². The van der Waals surface area contributed by atoms with Gasteiger partial charge in [-0.3, -0.25) is 4.79 Å². The number of hydrogen-bond acceptors (Lipinski definition) is 5. The van der Waals surface area contributed by atoms with Crippen LogP contribution in [0.4, 0.5) is 0 Å². The number of rotatable bonds is 7. The SMILES string of the molecule is COC1C(OC(=O)CCl)CCC2(CO2)C1C1(C)OC1CCC(C)C. The van der Waals surface area contributed by atoms with Crippen molar-refractivity contribution < 1.29 is 23.7 Å². The van der Waals surface area contributed by atoms with Crippen LogP contribution in [0.2, 0.25) is 0 Å². The van der Waals surface area contributed by atoms with Crippen LogP contribution in [-0.2, 0) is 23.7 Å². The maximum Gasteiger partial charge on any atom is 0.321 e. The Bertz CT molecular complexity index is 478. The van der Waals surface area contributed by atoms with Crippen LogP contribution >= 0.6 is 11.6 Å². The summed E-state index contributed by atoms with van der Waals surface area (Å²) in [6.07, 6.45) is 3.52. The van der Waals surface area contributed by atoms with E-state index in [1.807, 2.05) is 0 Å². The lowest BCUT2D eigenvalue weighted by Gasteiger charge is -2.42. The average Bonchev–Trinajstić information content (AvgIpc) is 3.45. The number of halogens is 1. The monoisotopic (exact) mass is 360 g/mol. The number of hydrogen-bond donors (Lipinski definition) is 0. The normalized spacial score (nSPS) is 43.9. The zero-order valence-electron chi connectivity index (χ0n) is 15.0. The second kappa shape index (κ2) is 6.75. The molecule has 3 rings (SSSR count). The van der Waals surface area contributed by atoms with E-state index in [0.29, 0.717) is 5.92 Å². The van der Waals surface area contributed by atoms with Gasteiger partial charge in [0.2, 0.25) is 0 Å². The van der Waals surface area contributed by atoms with E-state index in [2.05, 4.69) is 20.8 Å². The van der Waals surface area contributed by atoms with Gasteiger partial charge in [-0.05, 0) is 38.5 Å². The first-order chi connectivity index (χ1) is 11.4. The van der Waals surface area contributed by atoms with Crippen molar-refractivity contribution in [3.05, 3.63) is 0 Å². The molecule has 2 saturated heterocycles. The molecule has 2 heterocycles. The highest BCUT2D eigenvalue weighted by Crippen LogP contribution is 2.59. The molecule has 138 valence electrons. The minimum absolute atomic E-state index is 0.0778. The molecule has 0 aromatic carbocycles. The largest absolute Gasteiger partial charge is 0.459 e. The molecular weight excluding hydrogens is 332 g/mol. The molecule has 1 saturated carbocycles. The van der Waals surface area contributed by atoms with Crippen molar-refractivity contribution in [2.75, 3.05) is 19.6 Å². The van der Waals surface area contributed by atoms with Crippen LogP contribution in [-0.4, -0.2) is 55.1 Å². The van der Waals surface area contributed by atoms with Crippen molar-refractivity contribution in [3.63, 3.8) is 0 Å². The summed E-state index contributed by atoms with van der Waals surface area (Å²) in [5, 5.41) is 0. The van der Waals surface area contributed by atoms with E-state index in [1.165, 1.54) is 0 Å². The van der Waals surface area contributed by atoms with Crippen LogP contribution in [0.25, 0.3) is 0 Å². The summed E-state index contributed by atoms with van der Waals surface area (Å²) < 4.78 is 23.4. The number of methoxy groups -OCH3 is 1. The fourth-order valence-corrected chi connectivity index (χ4v) is 4.54. The molecule has 0 amide bonds. The molecule has 24 heavy (non-hydrogen) atoms. The van der Waals surface area contributed by atoms with E-state index < -0.39 is 5.97 Å². The molecule has 3 fully saturated rings. The van der Waals surface area contributed by atoms with Crippen LogP contribution < -0.4 is 0 Å². The van der Waals surface area contributed by atoms with Crippen molar-refractivity contribution >= 4 is 17.6 Å². The van der Waals surface area contributed by atoms with Crippen LogP contribution in [0.5, 0.6) is 0 Å². The summed E-state index contributed by atoms with van der Waals surface area (Å²) in [6, 6.07) is 0. The van der Waals surface area contributed by atoms with E-state index in [4.69, 9.17) is 30.5 Å². The first kappa shape index (κ1) is 18.4. The minimum Gasteiger partial charge on any atom is -0.459 e. The second-order valence-electron chi connectivity index (χ2n) is 7.99.